The molecule has 1 fully saturated rings. The van der Waals surface area contributed by atoms with Crippen molar-refractivity contribution in [1.82, 2.24) is 23.8 Å². The predicted molar refractivity (Wildman–Crippen MR) is 118 cm³/mol. The maximum Gasteiger partial charge on any atom is 0.275 e. The molecule has 0 bridgehead atoms. The third-order valence-electron chi connectivity index (χ3n) is 5.17. The number of aromatic nitrogens is 3. The van der Waals surface area contributed by atoms with E-state index in [9.17, 15) is 13.2 Å². The summed E-state index contributed by atoms with van der Waals surface area (Å²) in [5, 5.41) is 5.18. The predicted octanol–water partition coefficient (Wildman–Crippen LogP) is 1.98. The average Bonchev–Trinajstić information content (AvgIpc) is 3.14. The summed E-state index contributed by atoms with van der Waals surface area (Å²) < 4.78 is 27.4. The van der Waals surface area contributed by atoms with Crippen LogP contribution in [-0.2, 0) is 16.6 Å². The molecule has 0 amide bonds. The van der Waals surface area contributed by atoms with Crippen molar-refractivity contribution in [3.63, 3.8) is 0 Å². The number of nitrogens with zero attached hydrogens (tertiary/aromatic N) is 5. The van der Waals surface area contributed by atoms with Crippen LogP contribution in [0.4, 0.5) is 0 Å². The molecule has 160 valence electrons. The highest BCUT2D eigenvalue weighted by Gasteiger charge is 2.26. The van der Waals surface area contributed by atoms with Crippen LogP contribution in [-0.4, -0.2) is 64.2 Å². The molecule has 1 saturated heterocycles. The fraction of sp³-hybridized carbons (Fsp3) is 0.450. The Hall–Kier alpha value is -2.14. The largest absolute Gasteiger partial charge is 0.295 e. The van der Waals surface area contributed by atoms with Gasteiger partial charge in [-0.2, -0.15) is 13.9 Å². The molecule has 0 N–H and O–H groups in total. The molecule has 3 heterocycles. The van der Waals surface area contributed by atoms with Crippen molar-refractivity contribution in [2.75, 3.05) is 31.9 Å². The van der Waals surface area contributed by atoms with E-state index in [2.05, 4.69) is 15.0 Å². The summed E-state index contributed by atoms with van der Waals surface area (Å²) in [6.45, 7) is 6.62. The van der Waals surface area contributed by atoms with E-state index in [0.29, 0.717) is 49.8 Å². The molecule has 0 saturated carbocycles. The van der Waals surface area contributed by atoms with Crippen LogP contribution < -0.4 is 5.56 Å². The van der Waals surface area contributed by atoms with E-state index in [4.69, 9.17) is 0 Å². The highest BCUT2D eigenvalue weighted by atomic mass is 32.2. The minimum atomic E-state index is -3.16. The molecule has 0 spiro atoms. The first-order valence-corrected chi connectivity index (χ1v) is 12.5. The normalized spacial score (nSPS) is 16.3. The fourth-order valence-electron chi connectivity index (χ4n) is 3.53. The van der Waals surface area contributed by atoms with Crippen LogP contribution in [0.15, 0.2) is 35.1 Å². The van der Waals surface area contributed by atoms with Gasteiger partial charge in [0.2, 0.25) is 15.0 Å². The Morgan fingerprint density at radius 1 is 1.10 bits per heavy atom. The third kappa shape index (κ3) is 4.46. The summed E-state index contributed by atoms with van der Waals surface area (Å²) in [4.78, 5) is 19.9. The van der Waals surface area contributed by atoms with E-state index in [1.807, 2.05) is 38.1 Å². The molecule has 8 nitrogen and oxygen atoms in total. The Labute approximate surface area is 179 Å². The summed E-state index contributed by atoms with van der Waals surface area (Å²) in [6.07, 6.45) is 0.621. The molecule has 3 aromatic rings. The molecule has 4 rings (SSSR count). The summed E-state index contributed by atoms with van der Waals surface area (Å²) in [5.74, 6) is 0.191. The zero-order chi connectivity index (χ0) is 21.3. The topological polar surface area (TPSA) is 87.9 Å². The zero-order valence-electron chi connectivity index (χ0n) is 17.1. The quantitative estimate of drug-likeness (QED) is 0.574. The molecule has 30 heavy (non-hydrogen) atoms. The Morgan fingerprint density at radius 2 is 1.80 bits per heavy atom. The number of sulfonamides is 1. The van der Waals surface area contributed by atoms with Gasteiger partial charge in [0.25, 0.3) is 5.56 Å². The van der Waals surface area contributed by atoms with Gasteiger partial charge in [0, 0.05) is 44.4 Å². The maximum absolute atomic E-state index is 12.6. The van der Waals surface area contributed by atoms with Crippen LogP contribution in [0, 0.1) is 6.92 Å². The fourth-order valence-corrected chi connectivity index (χ4v) is 5.96. The highest BCUT2D eigenvalue weighted by molar-refractivity contribution is 7.89. The van der Waals surface area contributed by atoms with Gasteiger partial charge in [-0.05, 0) is 13.3 Å². The van der Waals surface area contributed by atoms with Crippen LogP contribution in [0.1, 0.15) is 24.6 Å². The number of piperazine rings is 1. The van der Waals surface area contributed by atoms with Crippen molar-refractivity contribution in [3.8, 4) is 10.6 Å². The molecule has 0 unspecified atom stereocenters. The maximum atomic E-state index is 12.6. The lowest BCUT2D eigenvalue weighted by Gasteiger charge is -2.33. The lowest BCUT2D eigenvalue weighted by molar-refractivity contribution is 0.180. The standard InChI is InChI=1S/C20H25N5O3S2/c1-3-12-30(27,28)24-10-8-23(9-11-24)14-17-13-18(26)25-20(21-17)29-19(22-25)16-6-4-15(2)5-7-16/h4-7,13H,3,8-12,14H2,1-2H3. The number of hydrogen-bond donors (Lipinski definition) is 0. The second kappa shape index (κ2) is 8.54. The summed E-state index contributed by atoms with van der Waals surface area (Å²) in [7, 11) is -3.16. The van der Waals surface area contributed by atoms with E-state index in [1.165, 1.54) is 27.5 Å². The van der Waals surface area contributed by atoms with Crippen molar-refractivity contribution >= 4 is 26.3 Å². The van der Waals surface area contributed by atoms with Crippen LogP contribution in [0.5, 0.6) is 0 Å². The van der Waals surface area contributed by atoms with Crippen LogP contribution in [0.2, 0.25) is 0 Å². The van der Waals surface area contributed by atoms with E-state index >= 15 is 0 Å². The monoisotopic (exact) mass is 447 g/mol. The van der Waals surface area contributed by atoms with E-state index in [0.717, 1.165) is 10.6 Å². The van der Waals surface area contributed by atoms with Gasteiger partial charge in [-0.3, -0.25) is 9.69 Å². The SMILES string of the molecule is CCCS(=O)(=O)N1CCN(Cc2cc(=O)n3nc(-c4ccc(C)cc4)sc3n2)CC1. The van der Waals surface area contributed by atoms with E-state index in [1.54, 1.807) is 4.31 Å². The summed E-state index contributed by atoms with van der Waals surface area (Å²) in [6, 6.07) is 9.54. The lowest BCUT2D eigenvalue weighted by Crippen LogP contribution is -2.48. The number of aryl methyl sites for hydroxylation is 1. The Balaban J connectivity index is 1.49. The first-order chi connectivity index (χ1) is 14.4. The summed E-state index contributed by atoms with van der Waals surface area (Å²) >= 11 is 1.39. The second-order valence-corrected chi connectivity index (χ2v) is 10.6. The van der Waals surface area contributed by atoms with E-state index < -0.39 is 10.0 Å². The minimum Gasteiger partial charge on any atom is -0.295 e. The number of rotatable bonds is 6. The number of fused-ring (bicyclic) bond motifs is 1. The second-order valence-electron chi connectivity index (χ2n) is 7.54. The molecule has 1 aromatic carbocycles. The average molecular weight is 448 g/mol. The van der Waals surface area contributed by atoms with Gasteiger partial charge in [0.05, 0.1) is 11.4 Å². The van der Waals surface area contributed by atoms with Gasteiger partial charge in [-0.25, -0.2) is 13.4 Å². The first kappa shape index (κ1) is 21.1. The number of hydrogen-bond acceptors (Lipinski definition) is 7. The Kier molecular flexibility index (Phi) is 6.01. The molecule has 1 aliphatic rings. The first-order valence-electron chi connectivity index (χ1n) is 10.0. The van der Waals surface area contributed by atoms with Gasteiger partial charge in [0.15, 0.2) is 0 Å². The molecule has 0 atom stereocenters. The number of benzene rings is 1. The van der Waals surface area contributed by atoms with Gasteiger partial charge in [-0.15, -0.1) is 0 Å². The molecule has 2 aromatic heterocycles. The van der Waals surface area contributed by atoms with Gasteiger partial charge in [0.1, 0.15) is 5.01 Å². The smallest absolute Gasteiger partial charge is 0.275 e. The Bertz CT molecular complexity index is 1190. The lowest BCUT2D eigenvalue weighted by atomic mass is 10.2. The van der Waals surface area contributed by atoms with E-state index in [-0.39, 0.29) is 11.3 Å². The molecule has 1 aliphatic heterocycles. The van der Waals surface area contributed by atoms with Crippen molar-refractivity contribution < 1.29 is 8.42 Å². The zero-order valence-corrected chi connectivity index (χ0v) is 18.7. The van der Waals surface area contributed by atoms with Crippen molar-refractivity contribution in [2.24, 2.45) is 0 Å². The summed E-state index contributed by atoms with van der Waals surface area (Å²) in [5.41, 5.74) is 2.61. The molecular formula is C20H25N5O3S2. The van der Waals surface area contributed by atoms with Crippen LogP contribution in [0.3, 0.4) is 0 Å². The van der Waals surface area contributed by atoms with Crippen molar-refractivity contribution in [3.05, 3.63) is 51.9 Å². The third-order valence-corrected chi connectivity index (χ3v) is 8.20. The minimum absolute atomic E-state index is 0.191. The van der Waals surface area contributed by atoms with Crippen LogP contribution >= 0.6 is 11.3 Å². The molecular weight excluding hydrogens is 422 g/mol. The van der Waals surface area contributed by atoms with Gasteiger partial charge in [-0.1, -0.05) is 48.1 Å². The van der Waals surface area contributed by atoms with Gasteiger partial charge >= 0.3 is 0 Å². The molecule has 10 heteroatoms. The highest BCUT2D eigenvalue weighted by Crippen LogP contribution is 2.24. The van der Waals surface area contributed by atoms with Crippen molar-refractivity contribution in [1.29, 1.82) is 0 Å². The van der Waals surface area contributed by atoms with Crippen LogP contribution in [0.25, 0.3) is 15.5 Å². The molecule has 0 aliphatic carbocycles. The Morgan fingerprint density at radius 3 is 2.47 bits per heavy atom. The van der Waals surface area contributed by atoms with Gasteiger partial charge < -0.3 is 0 Å². The van der Waals surface area contributed by atoms with Crippen molar-refractivity contribution in [2.45, 2.75) is 26.8 Å². The molecule has 0 radical (unpaired) electrons.